The summed E-state index contributed by atoms with van der Waals surface area (Å²) in [7, 11) is 0. The maximum absolute atomic E-state index is 9.10. The van der Waals surface area contributed by atoms with E-state index in [2.05, 4.69) is 39.1 Å². The Morgan fingerprint density at radius 3 is 2.50 bits per heavy atom. The second kappa shape index (κ2) is 4.29. The lowest BCUT2D eigenvalue weighted by Gasteiger charge is -2.28. The molecule has 0 saturated carbocycles. The molecule has 1 aliphatic rings. The highest BCUT2D eigenvalue weighted by Crippen LogP contribution is 2.39. The third kappa shape index (κ3) is 2.49. The van der Waals surface area contributed by atoms with Crippen molar-refractivity contribution < 1.29 is 4.74 Å². The average Bonchev–Trinajstić information content (AvgIpc) is 2.47. The van der Waals surface area contributed by atoms with E-state index in [4.69, 9.17) is 10.00 Å². The molecule has 0 spiro atoms. The molecule has 1 aliphatic heterocycles. The molecular weight excluding hydrogens is 224 g/mol. The van der Waals surface area contributed by atoms with Crippen LogP contribution in [-0.4, -0.2) is 17.2 Å². The Hall–Kier alpha value is -1.53. The summed E-state index contributed by atoms with van der Waals surface area (Å²) in [5.41, 5.74) is 1.21. The first-order chi connectivity index (χ1) is 8.34. The van der Waals surface area contributed by atoms with Crippen molar-refractivity contribution in [2.45, 2.75) is 51.4 Å². The van der Waals surface area contributed by atoms with Crippen molar-refractivity contribution in [2.24, 2.45) is 0 Å². The van der Waals surface area contributed by atoms with Crippen LogP contribution in [0.25, 0.3) is 0 Å². The standard InChI is InChI=1S/C15H20N2O/c1-14(2)9-13(15(3,4)18-14)17-12-8-6-5-7-11(12)10-16/h5-8,13,17H,9H2,1-4H3. The zero-order chi connectivity index (χ0) is 13.4. The van der Waals surface area contributed by atoms with Crippen molar-refractivity contribution in [1.82, 2.24) is 0 Å². The van der Waals surface area contributed by atoms with Crippen LogP contribution >= 0.6 is 0 Å². The predicted molar refractivity (Wildman–Crippen MR) is 72.4 cm³/mol. The summed E-state index contributed by atoms with van der Waals surface area (Å²) < 4.78 is 6.05. The molecule has 3 heteroatoms. The van der Waals surface area contributed by atoms with E-state index in [9.17, 15) is 0 Å². The van der Waals surface area contributed by atoms with Gasteiger partial charge in [-0.05, 0) is 46.2 Å². The summed E-state index contributed by atoms with van der Waals surface area (Å²) in [6.45, 7) is 8.39. The lowest BCUT2D eigenvalue weighted by Crippen LogP contribution is -2.38. The molecule has 1 heterocycles. The maximum atomic E-state index is 9.10. The lowest BCUT2D eigenvalue weighted by atomic mass is 9.94. The van der Waals surface area contributed by atoms with Crippen molar-refractivity contribution in [3.05, 3.63) is 29.8 Å². The van der Waals surface area contributed by atoms with E-state index in [1.807, 2.05) is 24.3 Å². The highest BCUT2D eigenvalue weighted by atomic mass is 16.5. The van der Waals surface area contributed by atoms with E-state index in [1.54, 1.807) is 0 Å². The second-order valence-corrected chi connectivity index (χ2v) is 6.02. The number of rotatable bonds is 2. The van der Waals surface area contributed by atoms with Gasteiger partial charge in [0.15, 0.2) is 0 Å². The SMILES string of the molecule is CC1(C)CC(Nc2ccccc2C#N)C(C)(C)O1. The van der Waals surface area contributed by atoms with Gasteiger partial charge in [-0.15, -0.1) is 0 Å². The number of ether oxygens (including phenoxy) is 1. The van der Waals surface area contributed by atoms with E-state index in [0.717, 1.165) is 12.1 Å². The van der Waals surface area contributed by atoms with Gasteiger partial charge >= 0.3 is 0 Å². The van der Waals surface area contributed by atoms with Gasteiger partial charge in [-0.25, -0.2) is 0 Å². The Bertz CT molecular complexity index is 486. The van der Waals surface area contributed by atoms with Gasteiger partial charge in [-0.3, -0.25) is 0 Å². The fourth-order valence-electron chi connectivity index (χ4n) is 2.68. The maximum Gasteiger partial charge on any atom is 0.101 e. The Kier molecular flexibility index (Phi) is 3.08. The molecule has 3 nitrogen and oxygen atoms in total. The molecule has 18 heavy (non-hydrogen) atoms. The van der Waals surface area contributed by atoms with E-state index in [1.165, 1.54) is 0 Å². The molecule has 0 radical (unpaired) electrons. The molecule has 1 saturated heterocycles. The zero-order valence-electron chi connectivity index (χ0n) is 11.4. The predicted octanol–water partition coefficient (Wildman–Crippen LogP) is 3.32. The van der Waals surface area contributed by atoms with Crippen molar-refractivity contribution in [3.8, 4) is 6.07 Å². The second-order valence-electron chi connectivity index (χ2n) is 6.02. The third-order valence-electron chi connectivity index (χ3n) is 3.45. The largest absolute Gasteiger partial charge is 0.378 e. The average molecular weight is 244 g/mol. The van der Waals surface area contributed by atoms with Gasteiger partial charge in [0.25, 0.3) is 0 Å². The van der Waals surface area contributed by atoms with Crippen molar-refractivity contribution in [1.29, 1.82) is 5.26 Å². The van der Waals surface area contributed by atoms with Crippen molar-refractivity contribution in [2.75, 3.05) is 5.32 Å². The number of nitrogens with one attached hydrogen (secondary N) is 1. The number of benzene rings is 1. The highest BCUT2D eigenvalue weighted by Gasteiger charge is 2.45. The zero-order valence-corrected chi connectivity index (χ0v) is 11.4. The first-order valence-electron chi connectivity index (χ1n) is 6.30. The van der Waals surface area contributed by atoms with E-state index in [0.29, 0.717) is 5.56 Å². The summed E-state index contributed by atoms with van der Waals surface area (Å²) in [6.07, 6.45) is 0.930. The topological polar surface area (TPSA) is 45.0 Å². The van der Waals surface area contributed by atoms with Gasteiger partial charge in [0, 0.05) is 0 Å². The number of hydrogen-bond donors (Lipinski definition) is 1. The molecule has 0 amide bonds. The van der Waals surface area contributed by atoms with Crippen molar-refractivity contribution >= 4 is 5.69 Å². The van der Waals surface area contributed by atoms with Crippen LogP contribution in [0, 0.1) is 11.3 Å². The summed E-state index contributed by atoms with van der Waals surface area (Å²) in [4.78, 5) is 0. The molecule has 1 atom stereocenters. The van der Waals surface area contributed by atoms with Crippen molar-refractivity contribution in [3.63, 3.8) is 0 Å². The smallest absolute Gasteiger partial charge is 0.101 e. The number of hydrogen-bond acceptors (Lipinski definition) is 3. The normalized spacial score (nSPS) is 24.5. The highest BCUT2D eigenvalue weighted by molar-refractivity contribution is 5.58. The first-order valence-corrected chi connectivity index (χ1v) is 6.30. The Labute approximate surface area is 109 Å². The van der Waals surface area contributed by atoms with Gasteiger partial charge in [-0.2, -0.15) is 5.26 Å². The minimum Gasteiger partial charge on any atom is -0.378 e. The van der Waals surface area contributed by atoms with Crippen LogP contribution in [0.3, 0.4) is 0 Å². The molecule has 1 unspecified atom stereocenters. The molecule has 0 aromatic heterocycles. The van der Waals surface area contributed by atoms with Gasteiger partial charge in [0.2, 0.25) is 0 Å². The summed E-state index contributed by atoms with van der Waals surface area (Å²) >= 11 is 0. The van der Waals surface area contributed by atoms with Gasteiger partial charge in [-0.1, -0.05) is 12.1 Å². The number of nitrogens with zero attached hydrogens (tertiary/aromatic N) is 1. The molecule has 1 aromatic rings. The number of nitriles is 1. The third-order valence-corrected chi connectivity index (χ3v) is 3.45. The van der Waals surface area contributed by atoms with Gasteiger partial charge < -0.3 is 10.1 Å². The molecule has 2 rings (SSSR count). The number of para-hydroxylation sites is 1. The molecule has 96 valence electrons. The lowest BCUT2D eigenvalue weighted by molar-refractivity contribution is -0.0662. The summed E-state index contributed by atoms with van der Waals surface area (Å²) in [5.74, 6) is 0. The van der Waals surface area contributed by atoms with Crippen LogP contribution in [0.1, 0.15) is 39.7 Å². The van der Waals surface area contributed by atoms with Gasteiger partial charge in [0.05, 0.1) is 28.5 Å². The fourth-order valence-corrected chi connectivity index (χ4v) is 2.68. The van der Waals surface area contributed by atoms with E-state index >= 15 is 0 Å². The van der Waals surface area contributed by atoms with Crippen LogP contribution in [0.2, 0.25) is 0 Å². The summed E-state index contributed by atoms with van der Waals surface area (Å²) in [6, 6.07) is 10.0. The van der Waals surface area contributed by atoms with Crippen LogP contribution in [-0.2, 0) is 4.74 Å². The Balaban J connectivity index is 2.22. The van der Waals surface area contributed by atoms with Crippen LogP contribution in [0.4, 0.5) is 5.69 Å². The number of anilines is 1. The molecule has 0 aliphatic carbocycles. The quantitative estimate of drug-likeness (QED) is 0.868. The minimum absolute atomic E-state index is 0.122. The molecule has 1 N–H and O–H groups in total. The van der Waals surface area contributed by atoms with E-state index < -0.39 is 0 Å². The molecular formula is C15H20N2O. The van der Waals surface area contributed by atoms with Crippen LogP contribution in [0.5, 0.6) is 0 Å². The van der Waals surface area contributed by atoms with Crippen LogP contribution < -0.4 is 5.32 Å². The molecule has 1 fully saturated rings. The molecule has 0 bridgehead atoms. The first kappa shape index (κ1) is 12.9. The summed E-state index contributed by atoms with van der Waals surface area (Å²) in [5, 5.41) is 12.6. The monoisotopic (exact) mass is 244 g/mol. The molecule has 1 aromatic carbocycles. The fraction of sp³-hybridized carbons (Fsp3) is 0.533. The van der Waals surface area contributed by atoms with Gasteiger partial charge in [0.1, 0.15) is 6.07 Å². The van der Waals surface area contributed by atoms with E-state index in [-0.39, 0.29) is 17.2 Å². The van der Waals surface area contributed by atoms with Crippen LogP contribution in [0.15, 0.2) is 24.3 Å². The Morgan fingerprint density at radius 2 is 1.94 bits per heavy atom. The Morgan fingerprint density at radius 1 is 1.28 bits per heavy atom. The minimum atomic E-state index is -0.230.